The average molecular weight is 265 g/mol. The molecule has 8 nitrogen and oxygen atoms in total. The number of nitrogens with zero attached hydrogens (tertiary/aromatic N) is 2. The van der Waals surface area contributed by atoms with Crippen LogP contribution in [0.25, 0.3) is 0 Å². The number of carboxylic acid groups (broad SMARTS) is 1. The van der Waals surface area contributed by atoms with E-state index in [1.807, 2.05) is 0 Å². The molecule has 19 heavy (non-hydrogen) atoms. The number of rotatable bonds is 3. The van der Waals surface area contributed by atoms with E-state index in [9.17, 15) is 19.7 Å². The molecule has 1 aromatic rings. The van der Waals surface area contributed by atoms with Crippen LogP contribution in [-0.4, -0.2) is 28.5 Å². The van der Waals surface area contributed by atoms with Gasteiger partial charge in [-0.25, -0.2) is 0 Å². The number of carbonyl (C=O) groups is 2. The molecular formula is C11H11N3O5. The number of hydrogen-bond donors (Lipinski definition) is 2. The number of amides is 1. The van der Waals surface area contributed by atoms with E-state index in [1.165, 1.54) is 23.1 Å². The first-order valence-electron chi connectivity index (χ1n) is 5.48. The predicted octanol–water partition coefficient (Wildman–Crippen LogP) is 0.614. The number of nitro benzene ring substituents is 1. The van der Waals surface area contributed by atoms with Gasteiger partial charge < -0.3 is 15.7 Å². The normalized spacial score (nSPS) is 18.6. The molecule has 1 heterocycles. The summed E-state index contributed by atoms with van der Waals surface area (Å²) in [7, 11) is 0. The van der Waals surface area contributed by atoms with Crippen molar-refractivity contribution >= 4 is 28.9 Å². The Bertz CT molecular complexity index is 571. The van der Waals surface area contributed by atoms with E-state index in [-0.39, 0.29) is 30.0 Å². The molecule has 2 rings (SSSR count). The second-order valence-electron chi connectivity index (χ2n) is 4.21. The summed E-state index contributed by atoms with van der Waals surface area (Å²) in [6.07, 6.45) is -0.128. The molecule has 1 amide bonds. The Labute approximate surface area is 107 Å². The third kappa shape index (κ3) is 2.19. The molecule has 0 saturated carbocycles. The van der Waals surface area contributed by atoms with Gasteiger partial charge in [0.15, 0.2) is 0 Å². The smallest absolute Gasteiger partial charge is 0.308 e. The fourth-order valence-electron chi connectivity index (χ4n) is 2.04. The maximum atomic E-state index is 11.8. The highest BCUT2D eigenvalue weighted by atomic mass is 16.6. The van der Waals surface area contributed by atoms with E-state index < -0.39 is 22.7 Å². The lowest BCUT2D eigenvalue weighted by Crippen LogP contribution is -2.26. The molecule has 0 aliphatic carbocycles. The molecule has 0 radical (unpaired) electrons. The Morgan fingerprint density at radius 3 is 2.74 bits per heavy atom. The third-order valence-corrected chi connectivity index (χ3v) is 3.02. The van der Waals surface area contributed by atoms with Crippen molar-refractivity contribution in [2.24, 2.45) is 5.92 Å². The second-order valence-corrected chi connectivity index (χ2v) is 4.21. The summed E-state index contributed by atoms with van der Waals surface area (Å²) in [6, 6.07) is 4.10. The molecule has 1 saturated heterocycles. The molecule has 1 aliphatic heterocycles. The predicted molar refractivity (Wildman–Crippen MR) is 65.6 cm³/mol. The van der Waals surface area contributed by atoms with Gasteiger partial charge in [0, 0.05) is 19.0 Å². The Hall–Kier alpha value is -2.64. The molecule has 0 bridgehead atoms. The number of nitrogen functional groups attached to an aromatic ring is 1. The minimum Gasteiger partial charge on any atom is -0.481 e. The van der Waals surface area contributed by atoms with Crippen molar-refractivity contribution in [2.45, 2.75) is 6.42 Å². The standard InChI is InChI=1S/C11H11N3O5/c12-10-7(2-1-3-8(10)14(18)19)13-5-6(11(16)17)4-9(13)15/h1-3,6H,4-5,12H2,(H,16,17). The topological polar surface area (TPSA) is 127 Å². The summed E-state index contributed by atoms with van der Waals surface area (Å²) >= 11 is 0. The number of nitrogens with two attached hydrogens (primary N) is 1. The summed E-state index contributed by atoms with van der Waals surface area (Å²) < 4.78 is 0. The van der Waals surface area contributed by atoms with E-state index in [0.717, 1.165) is 0 Å². The van der Waals surface area contributed by atoms with Crippen LogP contribution in [0.2, 0.25) is 0 Å². The lowest BCUT2D eigenvalue weighted by atomic mass is 10.1. The van der Waals surface area contributed by atoms with E-state index in [0.29, 0.717) is 0 Å². The largest absolute Gasteiger partial charge is 0.481 e. The minimum absolute atomic E-state index is 0.0282. The molecule has 8 heteroatoms. The zero-order chi connectivity index (χ0) is 14.2. The van der Waals surface area contributed by atoms with Crippen LogP contribution >= 0.6 is 0 Å². The first-order chi connectivity index (χ1) is 8.91. The van der Waals surface area contributed by atoms with Crippen LogP contribution in [0.15, 0.2) is 18.2 Å². The summed E-state index contributed by atoms with van der Waals surface area (Å²) in [5, 5.41) is 19.7. The number of hydrogen-bond acceptors (Lipinski definition) is 5. The van der Waals surface area contributed by atoms with Gasteiger partial charge in [-0.1, -0.05) is 6.07 Å². The van der Waals surface area contributed by atoms with Crippen molar-refractivity contribution in [3.05, 3.63) is 28.3 Å². The molecule has 1 fully saturated rings. The van der Waals surface area contributed by atoms with Crippen LogP contribution in [0.3, 0.4) is 0 Å². The molecule has 0 aromatic heterocycles. The van der Waals surface area contributed by atoms with Gasteiger partial charge >= 0.3 is 5.97 Å². The van der Waals surface area contributed by atoms with Crippen LogP contribution in [0, 0.1) is 16.0 Å². The lowest BCUT2D eigenvalue weighted by Gasteiger charge is -2.17. The zero-order valence-electron chi connectivity index (χ0n) is 9.78. The van der Waals surface area contributed by atoms with E-state index >= 15 is 0 Å². The van der Waals surface area contributed by atoms with Gasteiger partial charge in [-0.05, 0) is 6.07 Å². The minimum atomic E-state index is -1.07. The van der Waals surface area contributed by atoms with E-state index in [1.54, 1.807) is 0 Å². The Morgan fingerprint density at radius 1 is 1.53 bits per heavy atom. The lowest BCUT2D eigenvalue weighted by molar-refractivity contribution is -0.383. The summed E-state index contributed by atoms with van der Waals surface area (Å²) in [6.45, 7) is -0.0282. The molecule has 1 atom stereocenters. The van der Waals surface area contributed by atoms with Gasteiger partial charge in [-0.3, -0.25) is 19.7 Å². The number of anilines is 2. The molecule has 1 unspecified atom stereocenters. The van der Waals surface area contributed by atoms with Gasteiger partial charge in [0.2, 0.25) is 5.91 Å². The fourth-order valence-corrected chi connectivity index (χ4v) is 2.04. The van der Waals surface area contributed by atoms with Crippen molar-refractivity contribution in [1.29, 1.82) is 0 Å². The highest BCUT2D eigenvalue weighted by Crippen LogP contribution is 2.35. The van der Waals surface area contributed by atoms with Crippen molar-refractivity contribution in [1.82, 2.24) is 0 Å². The maximum absolute atomic E-state index is 11.8. The first-order valence-corrected chi connectivity index (χ1v) is 5.48. The Balaban J connectivity index is 2.38. The quantitative estimate of drug-likeness (QED) is 0.468. The van der Waals surface area contributed by atoms with Crippen molar-refractivity contribution in [2.75, 3.05) is 17.2 Å². The molecular weight excluding hydrogens is 254 g/mol. The number of aliphatic carboxylic acids is 1. The van der Waals surface area contributed by atoms with Crippen LogP contribution in [-0.2, 0) is 9.59 Å². The summed E-state index contributed by atoms with van der Waals surface area (Å²) in [4.78, 5) is 33.9. The number of benzene rings is 1. The van der Waals surface area contributed by atoms with Crippen LogP contribution in [0.5, 0.6) is 0 Å². The molecule has 1 aliphatic rings. The highest BCUT2D eigenvalue weighted by molar-refractivity contribution is 6.02. The second kappa shape index (κ2) is 4.56. The number of nitro groups is 1. The third-order valence-electron chi connectivity index (χ3n) is 3.02. The van der Waals surface area contributed by atoms with Gasteiger partial charge in [-0.2, -0.15) is 0 Å². The Morgan fingerprint density at radius 2 is 2.21 bits per heavy atom. The molecule has 0 spiro atoms. The van der Waals surface area contributed by atoms with Gasteiger partial charge in [-0.15, -0.1) is 0 Å². The van der Waals surface area contributed by atoms with Crippen molar-refractivity contribution in [3.8, 4) is 0 Å². The first kappa shape index (κ1) is 12.8. The van der Waals surface area contributed by atoms with Crippen molar-refractivity contribution in [3.63, 3.8) is 0 Å². The maximum Gasteiger partial charge on any atom is 0.308 e. The summed E-state index contributed by atoms with van der Waals surface area (Å²) in [5.74, 6) is -2.29. The monoisotopic (exact) mass is 265 g/mol. The van der Waals surface area contributed by atoms with Crippen LogP contribution in [0.1, 0.15) is 6.42 Å². The van der Waals surface area contributed by atoms with E-state index in [4.69, 9.17) is 10.8 Å². The van der Waals surface area contributed by atoms with Gasteiger partial charge in [0.1, 0.15) is 5.69 Å². The molecule has 100 valence electrons. The summed E-state index contributed by atoms with van der Waals surface area (Å²) in [5.41, 5.74) is 5.41. The van der Waals surface area contributed by atoms with Crippen molar-refractivity contribution < 1.29 is 19.6 Å². The van der Waals surface area contributed by atoms with E-state index in [2.05, 4.69) is 0 Å². The highest BCUT2D eigenvalue weighted by Gasteiger charge is 2.36. The molecule has 3 N–H and O–H groups in total. The number of carboxylic acids is 1. The average Bonchev–Trinajstić information content (AvgIpc) is 2.71. The van der Waals surface area contributed by atoms with Crippen LogP contribution < -0.4 is 10.6 Å². The fraction of sp³-hybridized carbons (Fsp3) is 0.273. The number of para-hydroxylation sites is 1. The Kier molecular flexibility index (Phi) is 3.07. The van der Waals surface area contributed by atoms with Gasteiger partial charge in [0.05, 0.1) is 16.5 Å². The number of carbonyl (C=O) groups excluding carboxylic acids is 1. The zero-order valence-corrected chi connectivity index (χ0v) is 9.78. The van der Waals surface area contributed by atoms with Crippen LogP contribution in [0.4, 0.5) is 17.1 Å². The SMILES string of the molecule is Nc1c(N2CC(C(=O)O)CC2=O)cccc1[N+](=O)[O-]. The molecule has 1 aromatic carbocycles. The van der Waals surface area contributed by atoms with Gasteiger partial charge in [0.25, 0.3) is 5.69 Å².